The highest BCUT2D eigenvalue weighted by Crippen LogP contribution is 2.42. The molecule has 0 saturated carbocycles. The predicted molar refractivity (Wildman–Crippen MR) is 109 cm³/mol. The zero-order valence-corrected chi connectivity index (χ0v) is 15.2. The van der Waals surface area contributed by atoms with Crippen molar-refractivity contribution in [2.24, 2.45) is 0 Å². The van der Waals surface area contributed by atoms with Crippen molar-refractivity contribution in [2.75, 3.05) is 5.32 Å². The van der Waals surface area contributed by atoms with Crippen molar-refractivity contribution in [1.82, 2.24) is 9.97 Å². The largest absolute Gasteiger partial charge is 0.459 e. The van der Waals surface area contributed by atoms with Crippen molar-refractivity contribution in [1.29, 1.82) is 0 Å². The minimum absolute atomic E-state index is 0.199. The minimum atomic E-state index is -0.392. The van der Waals surface area contributed by atoms with Crippen molar-refractivity contribution < 1.29 is 13.6 Å². The van der Waals surface area contributed by atoms with E-state index in [-0.39, 0.29) is 5.76 Å². The van der Waals surface area contributed by atoms with Gasteiger partial charge in [-0.25, -0.2) is 9.97 Å². The number of hydrogen-bond donors (Lipinski definition) is 1. The van der Waals surface area contributed by atoms with Crippen LogP contribution < -0.4 is 5.32 Å². The first-order chi connectivity index (χ1) is 14.3. The third-order valence-corrected chi connectivity index (χ3v) is 4.56. The first kappa shape index (κ1) is 16.9. The van der Waals surface area contributed by atoms with Gasteiger partial charge in [-0.05, 0) is 17.7 Å². The zero-order valence-electron chi connectivity index (χ0n) is 15.2. The van der Waals surface area contributed by atoms with Crippen molar-refractivity contribution in [3.63, 3.8) is 0 Å². The highest BCUT2D eigenvalue weighted by molar-refractivity contribution is 6.11. The van der Waals surface area contributed by atoms with E-state index in [0.29, 0.717) is 22.7 Å². The quantitative estimate of drug-likeness (QED) is 0.451. The molecule has 0 aliphatic rings. The second kappa shape index (κ2) is 7.09. The monoisotopic (exact) mass is 381 g/mol. The molecule has 0 saturated heterocycles. The maximum absolute atomic E-state index is 12.5. The normalized spacial score (nSPS) is 10.9. The molecule has 0 atom stereocenters. The van der Waals surface area contributed by atoms with Gasteiger partial charge in [0.05, 0.1) is 11.6 Å². The number of benzene rings is 2. The molecule has 5 rings (SSSR count). The Labute approximate surface area is 165 Å². The third kappa shape index (κ3) is 3.06. The van der Waals surface area contributed by atoms with Gasteiger partial charge in [0.1, 0.15) is 17.9 Å². The summed E-state index contributed by atoms with van der Waals surface area (Å²) in [7, 11) is 0. The van der Waals surface area contributed by atoms with Crippen molar-refractivity contribution >= 4 is 22.8 Å². The molecule has 6 nitrogen and oxygen atoms in total. The van der Waals surface area contributed by atoms with E-state index in [1.807, 2.05) is 60.7 Å². The van der Waals surface area contributed by atoms with E-state index in [0.717, 1.165) is 16.7 Å². The molecule has 0 bridgehead atoms. The van der Waals surface area contributed by atoms with Gasteiger partial charge < -0.3 is 14.2 Å². The van der Waals surface area contributed by atoms with Gasteiger partial charge >= 0.3 is 0 Å². The summed E-state index contributed by atoms with van der Waals surface area (Å²) in [4.78, 5) is 21.1. The van der Waals surface area contributed by atoms with Crippen molar-refractivity contribution in [3.05, 3.63) is 91.1 Å². The number of anilines is 1. The maximum atomic E-state index is 12.5. The molecule has 3 heterocycles. The second-order valence-corrected chi connectivity index (χ2v) is 6.37. The fraction of sp³-hybridized carbons (Fsp3) is 0. The summed E-state index contributed by atoms with van der Waals surface area (Å²) >= 11 is 0. The summed E-state index contributed by atoms with van der Waals surface area (Å²) in [5, 5.41) is 3.46. The predicted octanol–water partition coefficient (Wildman–Crippen LogP) is 5.40. The standard InChI is InChI=1S/C23H15N3O3/c27-22(17-12-7-13-28-17)26-21-19-18(15-8-3-1-4-9-15)20(16-10-5-2-6-11-16)29-23(19)25-14-24-21/h1-14H,(H,24,25,26,27). The van der Waals surface area contributed by atoms with Crippen molar-refractivity contribution in [2.45, 2.75) is 0 Å². The Balaban J connectivity index is 1.74. The van der Waals surface area contributed by atoms with E-state index >= 15 is 0 Å². The highest BCUT2D eigenvalue weighted by atomic mass is 16.3. The number of nitrogens with one attached hydrogen (secondary N) is 1. The van der Waals surface area contributed by atoms with Gasteiger partial charge in [0.2, 0.25) is 5.71 Å². The summed E-state index contributed by atoms with van der Waals surface area (Å²) in [5.74, 6) is 0.836. The molecule has 0 radical (unpaired) electrons. The molecule has 0 spiro atoms. The number of furan rings is 2. The van der Waals surface area contributed by atoms with Gasteiger partial charge in [-0.2, -0.15) is 0 Å². The van der Waals surface area contributed by atoms with Crippen LogP contribution in [0, 0.1) is 0 Å². The number of carbonyl (C=O) groups excluding carboxylic acids is 1. The average Bonchev–Trinajstić information content (AvgIpc) is 3.44. The third-order valence-electron chi connectivity index (χ3n) is 4.56. The summed E-state index contributed by atoms with van der Waals surface area (Å²) in [6.07, 6.45) is 2.82. The lowest BCUT2D eigenvalue weighted by Gasteiger charge is -2.07. The Morgan fingerprint density at radius 2 is 1.55 bits per heavy atom. The lowest BCUT2D eigenvalue weighted by atomic mass is 9.99. The number of hydrogen-bond acceptors (Lipinski definition) is 5. The molecule has 3 aromatic heterocycles. The molecule has 6 heteroatoms. The van der Waals surface area contributed by atoms with Crippen LogP contribution in [0.5, 0.6) is 0 Å². The first-order valence-corrected chi connectivity index (χ1v) is 9.04. The average molecular weight is 381 g/mol. The molecule has 29 heavy (non-hydrogen) atoms. The van der Waals surface area contributed by atoms with Gasteiger partial charge in [-0.1, -0.05) is 60.7 Å². The van der Waals surface area contributed by atoms with E-state index < -0.39 is 5.91 Å². The van der Waals surface area contributed by atoms with Crippen LogP contribution in [0.4, 0.5) is 5.82 Å². The number of amides is 1. The van der Waals surface area contributed by atoms with Crippen LogP contribution in [0.15, 0.2) is 94.2 Å². The van der Waals surface area contributed by atoms with Gasteiger partial charge in [-0.15, -0.1) is 0 Å². The SMILES string of the molecule is O=C(Nc1ncnc2oc(-c3ccccc3)c(-c3ccccc3)c12)c1ccco1. The van der Waals surface area contributed by atoms with Gasteiger partial charge in [0.15, 0.2) is 5.76 Å². The molecule has 1 amide bonds. The van der Waals surface area contributed by atoms with Crippen LogP contribution in [0.3, 0.4) is 0 Å². The molecule has 140 valence electrons. The lowest BCUT2D eigenvalue weighted by Crippen LogP contribution is -2.12. The summed E-state index contributed by atoms with van der Waals surface area (Å²) in [6.45, 7) is 0. The van der Waals surface area contributed by atoms with Crippen LogP contribution >= 0.6 is 0 Å². The number of rotatable bonds is 4. The number of nitrogens with zero attached hydrogens (tertiary/aromatic N) is 2. The Hall–Kier alpha value is -4.19. The van der Waals surface area contributed by atoms with Crippen LogP contribution in [0.25, 0.3) is 33.6 Å². The highest BCUT2D eigenvalue weighted by Gasteiger charge is 2.23. The smallest absolute Gasteiger partial charge is 0.292 e. The van der Waals surface area contributed by atoms with E-state index in [1.165, 1.54) is 12.6 Å². The van der Waals surface area contributed by atoms with Gasteiger partial charge in [-0.3, -0.25) is 4.79 Å². The van der Waals surface area contributed by atoms with E-state index in [1.54, 1.807) is 12.1 Å². The molecular weight excluding hydrogens is 366 g/mol. The summed E-state index contributed by atoms with van der Waals surface area (Å²) in [6, 6.07) is 22.9. The Kier molecular flexibility index (Phi) is 4.14. The first-order valence-electron chi connectivity index (χ1n) is 9.04. The Morgan fingerprint density at radius 1 is 0.828 bits per heavy atom. The minimum Gasteiger partial charge on any atom is -0.459 e. The summed E-state index contributed by atoms with van der Waals surface area (Å²) in [5.41, 5.74) is 3.07. The molecule has 5 aromatic rings. The Bertz CT molecular complexity index is 1280. The van der Waals surface area contributed by atoms with Crippen LogP contribution in [-0.2, 0) is 0 Å². The van der Waals surface area contributed by atoms with Gasteiger partial charge in [0, 0.05) is 11.1 Å². The molecular formula is C23H15N3O3. The molecule has 0 aliphatic heterocycles. The van der Waals surface area contributed by atoms with Crippen LogP contribution in [0.1, 0.15) is 10.6 Å². The van der Waals surface area contributed by atoms with Crippen LogP contribution in [-0.4, -0.2) is 15.9 Å². The fourth-order valence-corrected chi connectivity index (χ4v) is 3.28. The fourth-order valence-electron chi connectivity index (χ4n) is 3.28. The van der Waals surface area contributed by atoms with E-state index in [4.69, 9.17) is 8.83 Å². The topological polar surface area (TPSA) is 81.2 Å². The molecule has 0 fully saturated rings. The molecule has 0 aliphatic carbocycles. The number of aromatic nitrogens is 2. The van der Waals surface area contributed by atoms with E-state index in [2.05, 4.69) is 15.3 Å². The summed E-state index contributed by atoms with van der Waals surface area (Å²) < 4.78 is 11.3. The number of fused-ring (bicyclic) bond motifs is 1. The molecule has 0 unspecified atom stereocenters. The zero-order chi connectivity index (χ0) is 19.6. The number of carbonyl (C=O) groups is 1. The maximum Gasteiger partial charge on any atom is 0.292 e. The second-order valence-electron chi connectivity index (χ2n) is 6.37. The van der Waals surface area contributed by atoms with Gasteiger partial charge in [0.25, 0.3) is 5.91 Å². The van der Waals surface area contributed by atoms with E-state index in [9.17, 15) is 4.79 Å². The lowest BCUT2D eigenvalue weighted by molar-refractivity contribution is 0.0996. The van der Waals surface area contributed by atoms with Crippen LogP contribution in [0.2, 0.25) is 0 Å². The Morgan fingerprint density at radius 3 is 2.24 bits per heavy atom. The molecule has 1 N–H and O–H groups in total. The molecule has 2 aromatic carbocycles. The van der Waals surface area contributed by atoms with Crippen molar-refractivity contribution in [3.8, 4) is 22.5 Å².